The van der Waals surface area contributed by atoms with Gasteiger partial charge < -0.3 is 9.64 Å². The summed E-state index contributed by atoms with van der Waals surface area (Å²) in [5.74, 6) is 0. The van der Waals surface area contributed by atoms with Crippen LogP contribution in [0.5, 0.6) is 0 Å². The van der Waals surface area contributed by atoms with Crippen LogP contribution in [0.2, 0.25) is 0 Å². The van der Waals surface area contributed by atoms with Crippen LogP contribution in [0.15, 0.2) is 29.3 Å². The van der Waals surface area contributed by atoms with Gasteiger partial charge in [-0.2, -0.15) is 4.31 Å². The summed E-state index contributed by atoms with van der Waals surface area (Å²) >= 11 is 0. The molecule has 0 N–H and O–H groups in total. The second kappa shape index (κ2) is 7.11. The summed E-state index contributed by atoms with van der Waals surface area (Å²) in [4.78, 5) is 18.9. The van der Waals surface area contributed by atoms with Gasteiger partial charge in [-0.15, -0.1) is 0 Å². The van der Waals surface area contributed by atoms with Crippen molar-refractivity contribution in [2.45, 2.75) is 6.54 Å². The Hall–Kier alpha value is -1.97. The van der Waals surface area contributed by atoms with E-state index in [2.05, 4.69) is 9.88 Å². The average molecular weight is 366 g/mol. The normalized spacial score (nSPS) is 16.5. The maximum absolute atomic E-state index is 12.5. The summed E-state index contributed by atoms with van der Waals surface area (Å²) in [7, 11) is -1.55. The summed E-state index contributed by atoms with van der Waals surface area (Å²) in [6, 6.07) is 5.56. The largest absolute Gasteiger partial charge is 0.383 e. The minimum atomic E-state index is -3.14. The monoisotopic (exact) mass is 366 g/mol. The van der Waals surface area contributed by atoms with Crippen LogP contribution in [0, 0.1) is 0 Å². The average Bonchev–Trinajstić information content (AvgIpc) is 2.60. The second-order valence-corrected chi connectivity index (χ2v) is 8.07. The Labute approximate surface area is 146 Å². The highest BCUT2D eigenvalue weighted by Gasteiger charge is 2.23. The number of hydrogen-bond acceptors (Lipinski definition) is 6. The Bertz CT molecular complexity index is 917. The topological polar surface area (TPSA) is 84.7 Å². The Morgan fingerprint density at radius 3 is 2.56 bits per heavy atom. The Balaban J connectivity index is 1.82. The van der Waals surface area contributed by atoms with Gasteiger partial charge in [-0.1, -0.05) is 0 Å². The number of nitrogens with zero attached hydrogens (tertiary/aromatic N) is 4. The van der Waals surface area contributed by atoms with Crippen LogP contribution in [0.3, 0.4) is 0 Å². The van der Waals surface area contributed by atoms with E-state index in [1.54, 1.807) is 13.2 Å². The van der Waals surface area contributed by atoms with Crippen molar-refractivity contribution in [2.75, 3.05) is 51.1 Å². The molecule has 0 bridgehead atoms. The van der Waals surface area contributed by atoms with Gasteiger partial charge in [0.15, 0.2) is 0 Å². The minimum Gasteiger partial charge on any atom is -0.383 e. The lowest BCUT2D eigenvalue weighted by Crippen LogP contribution is -2.48. The molecule has 2 aromatic rings. The molecule has 25 heavy (non-hydrogen) atoms. The molecule has 136 valence electrons. The molecule has 0 amide bonds. The van der Waals surface area contributed by atoms with Crippen LogP contribution >= 0.6 is 0 Å². The van der Waals surface area contributed by atoms with Gasteiger partial charge >= 0.3 is 0 Å². The first-order chi connectivity index (χ1) is 11.9. The third kappa shape index (κ3) is 3.83. The van der Waals surface area contributed by atoms with Gasteiger partial charge in [-0.05, 0) is 18.2 Å². The number of rotatable bonds is 5. The van der Waals surface area contributed by atoms with Crippen molar-refractivity contribution in [3.8, 4) is 0 Å². The van der Waals surface area contributed by atoms with Gasteiger partial charge in [0.25, 0.3) is 5.56 Å². The third-order valence-electron chi connectivity index (χ3n) is 4.42. The highest BCUT2D eigenvalue weighted by Crippen LogP contribution is 2.21. The molecule has 0 unspecified atom stereocenters. The molecule has 1 aliphatic rings. The first-order valence-electron chi connectivity index (χ1n) is 8.08. The predicted octanol–water partition coefficient (Wildman–Crippen LogP) is 0.125. The van der Waals surface area contributed by atoms with Gasteiger partial charge in [-0.3, -0.25) is 9.36 Å². The summed E-state index contributed by atoms with van der Waals surface area (Å²) in [6.07, 6.45) is 2.77. The van der Waals surface area contributed by atoms with E-state index in [0.29, 0.717) is 50.2 Å². The van der Waals surface area contributed by atoms with Crippen molar-refractivity contribution in [3.63, 3.8) is 0 Å². The standard InChI is InChI=1S/C16H22N4O4S/c1-24-10-9-19-12-17-15-11-13(3-4-14(15)16(19)21)18-5-7-20(8-6-18)25(2,22)23/h3-4,11-12H,5-10H2,1-2H3. The number of benzene rings is 1. The molecule has 8 nitrogen and oxygen atoms in total. The first-order valence-corrected chi connectivity index (χ1v) is 9.93. The van der Waals surface area contributed by atoms with Gasteiger partial charge in [0.2, 0.25) is 10.0 Å². The van der Waals surface area contributed by atoms with E-state index in [1.165, 1.54) is 21.5 Å². The molecule has 1 fully saturated rings. The highest BCUT2D eigenvalue weighted by atomic mass is 32.2. The van der Waals surface area contributed by atoms with Crippen LogP contribution in [0.1, 0.15) is 0 Å². The summed E-state index contributed by atoms with van der Waals surface area (Å²) < 4.78 is 31.2. The van der Waals surface area contributed by atoms with Crippen LogP contribution < -0.4 is 10.5 Å². The molecule has 1 aromatic heterocycles. The molecule has 1 aliphatic heterocycles. The van der Waals surface area contributed by atoms with E-state index in [0.717, 1.165) is 5.69 Å². The fraction of sp³-hybridized carbons (Fsp3) is 0.500. The molecule has 0 atom stereocenters. The number of ether oxygens (including phenoxy) is 1. The van der Waals surface area contributed by atoms with E-state index in [1.807, 2.05) is 12.1 Å². The number of piperazine rings is 1. The molecule has 0 saturated carbocycles. The second-order valence-electron chi connectivity index (χ2n) is 6.09. The lowest BCUT2D eigenvalue weighted by molar-refractivity contribution is 0.186. The molecule has 9 heteroatoms. The predicted molar refractivity (Wildman–Crippen MR) is 96.5 cm³/mol. The fourth-order valence-corrected chi connectivity index (χ4v) is 3.80. The van der Waals surface area contributed by atoms with Crippen molar-refractivity contribution < 1.29 is 13.2 Å². The third-order valence-corrected chi connectivity index (χ3v) is 5.72. The van der Waals surface area contributed by atoms with E-state index in [-0.39, 0.29) is 5.56 Å². The van der Waals surface area contributed by atoms with Crippen molar-refractivity contribution in [1.29, 1.82) is 0 Å². The molecule has 0 radical (unpaired) electrons. The zero-order chi connectivity index (χ0) is 18.0. The molecule has 0 aliphatic carbocycles. The van der Waals surface area contributed by atoms with Crippen LogP contribution in [0.4, 0.5) is 5.69 Å². The SMILES string of the molecule is COCCn1cnc2cc(N3CCN(S(C)(=O)=O)CC3)ccc2c1=O. The molecule has 1 saturated heterocycles. The lowest BCUT2D eigenvalue weighted by Gasteiger charge is -2.34. The number of aromatic nitrogens is 2. The number of methoxy groups -OCH3 is 1. The minimum absolute atomic E-state index is 0.0875. The molecule has 2 heterocycles. The Morgan fingerprint density at radius 1 is 1.20 bits per heavy atom. The van der Waals surface area contributed by atoms with E-state index in [9.17, 15) is 13.2 Å². The maximum atomic E-state index is 12.5. The van der Waals surface area contributed by atoms with Crippen molar-refractivity contribution in [2.24, 2.45) is 0 Å². The number of anilines is 1. The summed E-state index contributed by atoms with van der Waals surface area (Å²) in [5, 5.41) is 0.567. The van der Waals surface area contributed by atoms with Gasteiger partial charge in [0.1, 0.15) is 0 Å². The van der Waals surface area contributed by atoms with Crippen molar-refractivity contribution in [3.05, 3.63) is 34.9 Å². The van der Waals surface area contributed by atoms with Crippen LogP contribution in [-0.2, 0) is 21.3 Å². The van der Waals surface area contributed by atoms with Gasteiger partial charge in [-0.25, -0.2) is 13.4 Å². The Kier molecular flexibility index (Phi) is 5.07. The highest BCUT2D eigenvalue weighted by molar-refractivity contribution is 7.88. The van der Waals surface area contributed by atoms with E-state index in [4.69, 9.17) is 4.74 Å². The fourth-order valence-electron chi connectivity index (χ4n) is 2.97. The Morgan fingerprint density at radius 2 is 1.92 bits per heavy atom. The number of hydrogen-bond donors (Lipinski definition) is 0. The molecular formula is C16H22N4O4S. The van der Waals surface area contributed by atoms with Crippen molar-refractivity contribution >= 4 is 26.6 Å². The smallest absolute Gasteiger partial charge is 0.261 e. The lowest BCUT2D eigenvalue weighted by atomic mass is 10.2. The quantitative estimate of drug-likeness (QED) is 0.748. The molecule has 3 rings (SSSR count). The first kappa shape index (κ1) is 17.8. The van der Waals surface area contributed by atoms with Crippen LogP contribution in [0.25, 0.3) is 10.9 Å². The van der Waals surface area contributed by atoms with Crippen molar-refractivity contribution in [1.82, 2.24) is 13.9 Å². The van der Waals surface area contributed by atoms with E-state index >= 15 is 0 Å². The van der Waals surface area contributed by atoms with Gasteiger partial charge in [0, 0.05) is 39.0 Å². The summed E-state index contributed by atoms with van der Waals surface area (Å²) in [5.41, 5.74) is 1.50. The van der Waals surface area contributed by atoms with Crippen LogP contribution in [-0.4, -0.2) is 68.4 Å². The molecule has 0 spiro atoms. The number of sulfonamides is 1. The molecular weight excluding hydrogens is 344 g/mol. The maximum Gasteiger partial charge on any atom is 0.261 e. The zero-order valence-corrected chi connectivity index (χ0v) is 15.2. The van der Waals surface area contributed by atoms with Gasteiger partial charge in [0.05, 0.1) is 36.6 Å². The number of fused-ring (bicyclic) bond motifs is 1. The summed E-state index contributed by atoms with van der Waals surface area (Å²) in [6.45, 7) is 3.07. The molecule has 1 aromatic carbocycles. The zero-order valence-electron chi connectivity index (χ0n) is 14.4. The van der Waals surface area contributed by atoms with E-state index < -0.39 is 10.0 Å².